The maximum atomic E-state index is 12.4. The Morgan fingerprint density at radius 3 is 2.64 bits per heavy atom. The molecule has 146 valence electrons. The van der Waals surface area contributed by atoms with Crippen molar-refractivity contribution in [2.24, 2.45) is 5.92 Å². The highest BCUT2D eigenvalue weighted by molar-refractivity contribution is 9.10. The van der Waals surface area contributed by atoms with Crippen LogP contribution in [0.2, 0.25) is 0 Å². The number of methoxy groups -OCH3 is 1. The molecule has 1 heterocycles. The van der Waals surface area contributed by atoms with Crippen LogP contribution < -0.4 is 10.1 Å². The van der Waals surface area contributed by atoms with Gasteiger partial charge in [-0.15, -0.1) is 11.8 Å². The zero-order valence-corrected chi connectivity index (χ0v) is 17.6. The van der Waals surface area contributed by atoms with Crippen molar-refractivity contribution < 1.29 is 19.4 Å². The smallest absolute Gasteiger partial charge is 0.314 e. The molecule has 2 aromatic carbocycles. The molecule has 0 bridgehead atoms. The summed E-state index contributed by atoms with van der Waals surface area (Å²) >= 11 is 4.72. The number of hydrogen-bond donors (Lipinski definition) is 2. The minimum Gasteiger partial charge on any atom is -0.497 e. The number of nitrogens with one attached hydrogen (secondary N) is 1. The molecule has 2 N–H and O–H groups in total. The highest BCUT2D eigenvalue weighted by Gasteiger charge is 2.37. The van der Waals surface area contributed by atoms with Gasteiger partial charge in [-0.2, -0.15) is 0 Å². The summed E-state index contributed by atoms with van der Waals surface area (Å²) < 4.78 is 6.12. The van der Waals surface area contributed by atoms with Crippen molar-refractivity contribution >= 4 is 45.1 Å². The first kappa shape index (κ1) is 20.5. The molecule has 1 amide bonds. The Morgan fingerprint density at radius 2 is 1.96 bits per heavy atom. The van der Waals surface area contributed by atoms with Gasteiger partial charge >= 0.3 is 5.97 Å². The third-order valence-corrected chi connectivity index (χ3v) is 6.10. The second-order valence-electron chi connectivity index (χ2n) is 6.37. The Labute approximate surface area is 176 Å². The number of rotatable bonds is 7. The number of carboxylic acid groups (broad SMARTS) is 1. The lowest BCUT2D eigenvalue weighted by Gasteiger charge is -2.20. The lowest BCUT2D eigenvalue weighted by Crippen LogP contribution is -2.39. The number of aliphatic carboxylic acids is 1. The number of amides is 1. The third-order valence-electron chi connectivity index (χ3n) is 4.50. The van der Waals surface area contributed by atoms with Gasteiger partial charge in [0.1, 0.15) is 11.7 Å². The van der Waals surface area contributed by atoms with E-state index in [9.17, 15) is 14.7 Å². The number of carboxylic acids is 1. The number of thioether (sulfide) groups is 1. The summed E-state index contributed by atoms with van der Waals surface area (Å²) in [7, 11) is 1.60. The summed E-state index contributed by atoms with van der Waals surface area (Å²) in [5.41, 5.74) is 2.55. The second kappa shape index (κ2) is 9.30. The van der Waals surface area contributed by atoms with E-state index in [4.69, 9.17) is 4.74 Å². The first-order valence-electron chi connectivity index (χ1n) is 8.74. The van der Waals surface area contributed by atoms with Gasteiger partial charge in [-0.1, -0.05) is 40.2 Å². The van der Waals surface area contributed by atoms with Gasteiger partial charge in [-0.25, -0.2) is 0 Å². The molecule has 0 fully saturated rings. The highest BCUT2D eigenvalue weighted by atomic mass is 79.9. The topological polar surface area (TPSA) is 75.6 Å². The van der Waals surface area contributed by atoms with Crippen LogP contribution in [0.5, 0.6) is 5.75 Å². The standard InChI is InChI=1S/C21H20BrNO4S/c1-27-16-4-2-3-13(11-16)5-10-18(24)23-20-19(21(25)26)17(12-28-20)14-6-8-15(22)9-7-14/h2-4,6-9,11-12,19-20H,5,10H2,1H3,(H,23,24)(H,25,26). The Bertz CT molecular complexity index is 898. The quantitative estimate of drug-likeness (QED) is 0.641. The van der Waals surface area contributed by atoms with Crippen LogP contribution in [-0.2, 0) is 16.0 Å². The van der Waals surface area contributed by atoms with Gasteiger partial charge in [0.05, 0.1) is 12.5 Å². The lowest BCUT2D eigenvalue weighted by molar-refractivity contribution is -0.139. The number of carbonyl (C=O) groups excluding carboxylic acids is 1. The van der Waals surface area contributed by atoms with E-state index in [-0.39, 0.29) is 12.3 Å². The molecule has 0 radical (unpaired) electrons. The van der Waals surface area contributed by atoms with Gasteiger partial charge in [0.15, 0.2) is 0 Å². The molecular formula is C21H20BrNO4S. The van der Waals surface area contributed by atoms with Crippen LogP contribution in [-0.4, -0.2) is 29.5 Å². The first-order valence-corrected chi connectivity index (χ1v) is 10.5. The molecule has 0 aromatic heterocycles. The molecule has 0 saturated heterocycles. The van der Waals surface area contributed by atoms with Gasteiger partial charge < -0.3 is 15.2 Å². The molecule has 0 aliphatic carbocycles. The summed E-state index contributed by atoms with van der Waals surface area (Å²) in [6, 6.07) is 15.1. The van der Waals surface area contributed by atoms with Crippen LogP contribution in [0, 0.1) is 5.92 Å². The van der Waals surface area contributed by atoms with Gasteiger partial charge in [0.2, 0.25) is 5.91 Å². The fourth-order valence-electron chi connectivity index (χ4n) is 3.05. The van der Waals surface area contributed by atoms with Crippen LogP contribution in [0.15, 0.2) is 58.4 Å². The molecule has 0 spiro atoms. The summed E-state index contributed by atoms with van der Waals surface area (Å²) in [6.07, 6.45) is 0.843. The van der Waals surface area contributed by atoms with Crippen molar-refractivity contribution in [1.82, 2.24) is 5.32 Å². The van der Waals surface area contributed by atoms with Gasteiger partial charge in [0, 0.05) is 10.9 Å². The van der Waals surface area contributed by atoms with E-state index in [2.05, 4.69) is 21.2 Å². The molecule has 1 aliphatic heterocycles. The Kier molecular flexibility index (Phi) is 6.80. The fourth-order valence-corrected chi connectivity index (χ4v) is 4.51. The van der Waals surface area contributed by atoms with Crippen molar-refractivity contribution in [3.8, 4) is 5.75 Å². The average molecular weight is 462 g/mol. The average Bonchev–Trinajstić information content (AvgIpc) is 3.11. The molecule has 28 heavy (non-hydrogen) atoms. The van der Waals surface area contributed by atoms with E-state index in [0.717, 1.165) is 21.3 Å². The zero-order chi connectivity index (χ0) is 20.1. The molecule has 2 atom stereocenters. The Hall–Kier alpha value is -2.25. The van der Waals surface area contributed by atoms with Crippen molar-refractivity contribution in [3.63, 3.8) is 0 Å². The summed E-state index contributed by atoms with van der Waals surface area (Å²) in [4.78, 5) is 24.3. The largest absolute Gasteiger partial charge is 0.497 e. The molecule has 0 saturated carbocycles. The minimum absolute atomic E-state index is 0.169. The predicted molar refractivity (Wildman–Crippen MR) is 114 cm³/mol. The van der Waals surface area contributed by atoms with Crippen molar-refractivity contribution in [3.05, 3.63) is 69.5 Å². The maximum absolute atomic E-state index is 12.4. The normalized spacial score (nSPS) is 18.4. The predicted octanol–water partition coefficient (Wildman–Crippen LogP) is 4.32. The van der Waals surface area contributed by atoms with Crippen LogP contribution in [0.1, 0.15) is 17.5 Å². The highest BCUT2D eigenvalue weighted by Crippen LogP contribution is 2.40. The molecule has 3 rings (SSSR count). The van der Waals surface area contributed by atoms with Gasteiger partial charge in [-0.05, 0) is 52.8 Å². The van der Waals surface area contributed by atoms with Gasteiger partial charge in [0.25, 0.3) is 0 Å². The maximum Gasteiger partial charge on any atom is 0.314 e. The number of hydrogen-bond acceptors (Lipinski definition) is 4. The van der Waals surface area contributed by atoms with E-state index in [1.807, 2.05) is 53.9 Å². The van der Waals surface area contributed by atoms with Crippen LogP contribution in [0.25, 0.3) is 5.57 Å². The summed E-state index contributed by atoms with van der Waals surface area (Å²) in [6.45, 7) is 0. The lowest BCUT2D eigenvalue weighted by atomic mass is 9.93. The van der Waals surface area contributed by atoms with Crippen LogP contribution in [0.4, 0.5) is 0 Å². The number of carbonyl (C=O) groups is 2. The molecule has 7 heteroatoms. The van der Waals surface area contributed by atoms with E-state index < -0.39 is 17.3 Å². The Morgan fingerprint density at radius 1 is 1.21 bits per heavy atom. The molecule has 2 unspecified atom stereocenters. The number of halogens is 1. The van der Waals surface area contributed by atoms with E-state index in [1.165, 1.54) is 11.8 Å². The van der Waals surface area contributed by atoms with Gasteiger partial charge in [-0.3, -0.25) is 9.59 Å². The van der Waals surface area contributed by atoms with E-state index in [0.29, 0.717) is 12.0 Å². The summed E-state index contributed by atoms with van der Waals surface area (Å²) in [5.74, 6) is -1.15. The van der Waals surface area contributed by atoms with Crippen molar-refractivity contribution in [2.75, 3.05) is 7.11 Å². The number of benzene rings is 2. The van der Waals surface area contributed by atoms with Crippen molar-refractivity contribution in [2.45, 2.75) is 18.2 Å². The minimum atomic E-state index is -0.947. The number of aryl methyl sites for hydroxylation is 1. The second-order valence-corrected chi connectivity index (χ2v) is 8.30. The summed E-state index contributed by atoms with van der Waals surface area (Å²) in [5, 5.41) is 13.9. The molecule has 5 nitrogen and oxygen atoms in total. The molecule has 2 aromatic rings. The monoisotopic (exact) mass is 461 g/mol. The van der Waals surface area contributed by atoms with E-state index in [1.54, 1.807) is 7.11 Å². The van der Waals surface area contributed by atoms with Crippen LogP contribution in [0.3, 0.4) is 0 Å². The fraction of sp³-hybridized carbons (Fsp3) is 0.238. The number of ether oxygens (including phenoxy) is 1. The van der Waals surface area contributed by atoms with Crippen molar-refractivity contribution in [1.29, 1.82) is 0 Å². The van der Waals surface area contributed by atoms with Crippen LogP contribution >= 0.6 is 27.7 Å². The first-order chi connectivity index (χ1) is 13.5. The third kappa shape index (κ3) is 4.97. The van der Waals surface area contributed by atoms with E-state index >= 15 is 0 Å². The molecule has 1 aliphatic rings. The molecular weight excluding hydrogens is 442 g/mol. The Balaban J connectivity index is 1.62. The SMILES string of the molecule is COc1cccc(CCC(=O)NC2SC=C(c3ccc(Br)cc3)C2C(=O)O)c1. The zero-order valence-electron chi connectivity index (χ0n) is 15.2.